The monoisotopic (exact) mass is 473 g/mol. The lowest BCUT2D eigenvalue weighted by molar-refractivity contribution is -0.116. The number of hydrogen-bond acceptors (Lipinski definition) is 5. The predicted octanol–water partition coefficient (Wildman–Crippen LogP) is 6.41. The van der Waals surface area contributed by atoms with Crippen molar-refractivity contribution in [1.82, 2.24) is 4.98 Å². The lowest BCUT2D eigenvalue weighted by Gasteiger charge is -2.17. The highest BCUT2D eigenvalue weighted by Gasteiger charge is 2.17. The summed E-state index contributed by atoms with van der Waals surface area (Å²) in [5, 5.41) is 5.05. The number of benzene rings is 3. The van der Waals surface area contributed by atoms with Crippen molar-refractivity contribution in [3.63, 3.8) is 0 Å². The highest BCUT2D eigenvalue weighted by molar-refractivity contribution is 7.14. The number of halogens is 1. The Morgan fingerprint density at radius 3 is 2.47 bits per heavy atom. The Balaban J connectivity index is 1.37. The number of nitrogens with zero attached hydrogens (tertiary/aromatic N) is 2. The fraction of sp³-hybridized carbons (Fsp3) is 0.0385. The summed E-state index contributed by atoms with van der Waals surface area (Å²) in [5.41, 5.74) is 1.87. The van der Waals surface area contributed by atoms with Crippen molar-refractivity contribution in [1.29, 1.82) is 0 Å². The van der Waals surface area contributed by atoms with Crippen LogP contribution in [0.5, 0.6) is 11.5 Å². The van der Waals surface area contributed by atoms with Crippen molar-refractivity contribution < 1.29 is 18.7 Å². The van der Waals surface area contributed by atoms with Crippen LogP contribution in [0.3, 0.4) is 0 Å². The predicted molar refractivity (Wildman–Crippen MR) is 132 cm³/mol. The summed E-state index contributed by atoms with van der Waals surface area (Å²) in [4.78, 5) is 30.4. The van der Waals surface area contributed by atoms with Crippen LogP contribution in [0.4, 0.5) is 20.9 Å². The number of carbonyl (C=O) groups excluding carboxylic acids is 2. The van der Waals surface area contributed by atoms with Gasteiger partial charge in [-0.1, -0.05) is 24.3 Å². The van der Waals surface area contributed by atoms with Crippen molar-refractivity contribution in [2.24, 2.45) is 0 Å². The van der Waals surface area contributed by atoms with Crippen LogP contribution in [-0.2, 0) is 9.59 Å². The first-order chi connectivity index (χ1) is 16.5. The van der Waals surface area contributed by atoms with Gasteiger partial charge in [0.25, 0.3) is 0 Å². The zero-order chi connectivity index (χ0) is 23.9. The molecule has 0 saturated heterocycles. The molecule has 0 radical (unpaired) electrons. The Labute approximate surface area is 200 Å². The molecule has 0 aliphatic rings. The molecule has 1 heterocycles. The number of amides is 2. The summed E-state index contributed by atoms with van der Waals surface area (Å²) in [6, 6.07) is 21.8. The molecule has 0 atom stereocenters. The second kappa shape index (κ2) is 10.5. The number of nitrogens with one attached hydrogen (secondary N) is 1. The van der Waals surface area contributed by atoms with E-state index in [1.165, 1.54) is 41.4 Å². The number of carbonyl (C=O) groups is 2. The Hall–Kier alpha value is -4.30. The van der Waals surface area contributed by atoms with Crippen molar-refractivity contribution in [2.45, 2.75) is 6.92 Å². The van der Waals surface area contributed by atoms with Gasteiger partial charge in [0, 0.05) is 30.1 Å². The van der Waals surface area contributed by atoms with Gasteiger partial charge in [0.05, 0.1) is 11.4 Å². The van der Waals surface area contributed by atoms with E-state index in [1.54, 1.807) is 47.9 Å². The zero-order valence-electron chi connectivity index (χ0n) is 18.1. The lowest BCUT2D eigenvalue weighted by atomic mass is 10.3. The van der Waals surface area contributed by atoms with Gasteiger partial charge in [-0.3, -0.25) is 14.5 Å². The summed E-state index contributed by atoms with van der Waals surface area (Å²) in [6.45, 7) is 1.48. The maximum atomic E-state index is 13.3. The van der Waals surface area contributed by atoms with Gasteiger partial charge in [0.2, 0.25) is 11.8 Å². The first-order valence-corrected chi connectivity index (χ1v) is 11.2. The van der Waals surface area contributed by atoms with Crippen LogP contribution < -0.4 is 15.0 Å². The maximum Gasteiger partial charge on any atom is 0.248 e. The molecule has 4 rings (SSSR count). The molecule has 0 saturated carbocycles. The van der Waals surface area contributed by atoms with Gasteiger partial charge in [0.1, 0.15) is 17.3 Å². The molecule has 1 aromatic heterocycles. The van der Waals surface area contributed by atoms with Crippen molar-refractivity contribution in [3.8, 4) is 11.5 Å². The van der Waals surface area contributed by atoms with Crippen LogP contribution in [-0.4, -0.2) is 16.8 Å². The van der Waals surface area contributed by atoms with Gasteiger partial charge in [-0.15, -0.1) is 11.3 Å². The van der Waals surface area contributed by atoms with Crippen LogP contribution in [0.15, 0.2) is 90.3 Å². The largest absolute Gasteiger partial charge is 0.457 e. The van der Waals surface area contributed by atoms with Crippen LogP contribution in [0.25, 0.3) is 6.08 Å². The average molecular weight is 474 g/mol. The molecule has 0 fully saturated rings. The second-order valence-corrected chi connectivity index (χ2v) is 7.99. The SMILES string of the molecule is CC(=O)N(c1ccccc1)c1nc(/C=C/C(=O)Nc2ccc(Oc3cccc(F)c3)cc2)cs1. The number of hydrogen-bond donors (Lipinski definition) is 1. The summed E-state index contributed by atoms with van der Waals surface area (Å²) in [6.07, 6.45) is 2.96. The number of thiazole rings is 1. The Bertz CT molecular complexity index is 1320. The first-order valence-electron chi connectivity index (χ1n) is 10.3. The van der Waals surface area contributed by atoms with Crippen LogP contribution in [0.1, 0.15) is 12.6 Å². The van der Waals surface area contributed by atoms with Crippen LogP contribution >= 0.6 is 11.3 Å². The van der Waals surface area contributed by atoms with Gasteiger partial charge in [-0.2, -0.15) is 0 Å². The van der Waals surface area contributed by atoms with Crippen molar-refractivity contribution >= 4 is 45.7 Å². The molecule has 170 valence electrons. The van der Waals surface area contributed by atoms with E-state index in [0.717, 1.165) is 5.69 Å². The molecule has 0 unspecified atom stereocenters. The summed E-state index contributed by atoms with van der Waals surface area (Å²) < 4.78 is 18.9. The molecule has 6 nitrogen and oxygen atoms in total. The topological polar surface area (TPSA) is 71.5 Å². The molecule has 0 spiro atoms. The number of rotatable bonds is 7. The van der Waals surface area contributed by atoms with Crippen molar-refractivity contribution in [3.05, 3.63) is 102 Å². The normalized spacial score (nSPS) is 10.8. The molecule has 2 amide bonds. The highest BCUT2D eigenvalue weighted by atomic mass is 32.1. The standard InChI is InChI=1S/C26H20FN3O3S/c1-18(31)30(22-7-3-2-4-8-22)26-29-21(17-34-26)12-15-25(32)28-20-10-13-23(14-11-20)33-24-9-5-6-19(27)16-24/h2-17H,1H3,(H,28,32)/b15-12+. The van der Waals surface area contributed by atoms with E-state index in [-0.39, 0.29) is 17.6 Å². The number of anilines is 3. The minimum atomic E-state index is -0.380. The fourth-order valence-corrected chi connectivity index (χ4v) is 3.93. The summed E-state index contributed by atoms with van der Waals surface area (Å²) in [5.74, 6) is 0.0356. The number of aromatic nitrogens is 1. The molecule has 3 aromatic carbocycles. The highest BCUT2D eigenvalue weighted by Crippen LogP contribution is 2.29. The first kappa shape index (κ1) is 22.9. The van der Waals surface area contributed by atoms with E-state index in [9.17, 15) is 14.0 Å². The van der Waals surface area contributed by atoms with Crippen molar-refractivity contribution in [2.75, 3.05) is 10.2 Å². The van der Waals surface area contributed by atoms with Gasteiger partial charge < -0.3 is 10.1 Å². The number of para-hydroxylation sites is 1. The molecular weight excluding hydrogens is 453 g/mol. The Kier molecular flexibility index (Phi) is 7.10. The van der Waals surface area contributed by atoms with Gasteiger partial charge in [0.15, 0.2) is 5.13 Å². The molecule has 8 heteroatoms. The smallest absolute Gasteiger partial charge is 0.248 e. The minimum Gasteiger partial charge on any atom is -0.457 e. The molecule has 0 aliphatic heterocycles. The lowest BCUT2D eigenvalue weighted by Crippen LogP contribution is -2.22. The average Bonchev–Trinajstić information content (AvgIpc) is 3.28. The molecule has 1 N–H and O–H groups in total. The fourth-order valence-electron chi connectivity index (χ4n) is 3.08. The van der Waals surface area contributed by atoms with Gasteiger partial charge in [-0.05, 0) is 54.6 Å². The van der Waals surface area contributed by atoms with E-state index in [1.807, 2.05) is 30.3 Å². The zero-order valence-corrected chi connectivity index (χ0v) is 19.0. The molecule has 0 aliphatic carbocycles. The minimum absolute atomic E-state index is 0.154. The molecule has 34 heavy (non-hydrogen) atoms. The van der Waals surface area contributed by atoms with E-state index < -0.39 is 0 Å². The third kappa shape index (κ3) is 5.93. The van der Waals surface area contributed by atoms with E-state index in [0.29, 0.717) is 28.0 Å². The van der Waals surface area contributed by atoms with Crippen LogP contribution in [0.2, 0.25) is 0 Å². The third-order valence-electron chi connectivity index (χ3n) is 4.59. The van der Waals surface area contributed by atoms with E-state index >= 15 is 0 Å². The van der Waals surface area contributed by atoms with Gasteiger partial charge >= 0.3 is 0 Å². The summed E-state index contributed by atoms with van der Waals surface area (Å²) in [7, 11) is 0. The maximum absolute atomic E-state index is 13.3. The molecule has 4 aromatic rings. The Morgan fingerprint density at radius 1 is 1.00 bits per heavy atom. The van der Waals surface area contributed by atoms with Crippen LogP contribution in [0, 0.1) is 5.82 Å². The third-order valence-corrected chi connectivity index (χ3v) is 5.43. The Morgan fingerprint density at radius 2 is 1.76 bits per heavy atom. The number of ether oxygens (including phenoxy) is 1. The summed E-state index contributed by atoms with van der Waals surface area (Å²) >= 11 is 1.31. The van der Waals surface area contributed by atoms with Gasteiger partial charge in [-0.25, -0.2) is 9.37 Å². The quantitative estimate of drug-likeness (QED) is 0.315. The molecule has 0 bridgehead atoms. The van der Waals surface area contributed by atoms with E-state index in [4.69, 9.17) is 4.74 Å². The molecular formula is C26H20FN3O3S. The van der Waals surface area contributed by atoms with E-state index in [2.05, 4.69) is 10.3 Å². The second-order valence-electron chi connectivity index (χ2n) is 7.15.